The highest BCUT2D eigenvalue weighted by molar-refractivity contribution is 7.45. The van der Waals surface area contributed by atoms with Gasteiger partial charge in [-0.25, -0.2) is 0 Å². The summed E-state index contributed by atoms with van der Waals surface area (Å²) in [6.45, 7) is 4.21. The number of rotatable bonds is 79. The van der Waals surface area contributed by atoms with Crippen LogP contribution in [0.15, 0.2) is 60.8 Å². The van der Waals surface area contributed by atoms with Crippen molar-refractivity contribution in [1.82, 2.24) is 0 Å². The molecule has 0 heterocycles. The number of ether oxygens (including phenoxy) is 2. The van der Waals surface area contributed by atoms with Crippen LogP contribution in [0.4, 0.5) is 0 Å². The number of carbonyl (C=O) groups excluding carboxylic acids is 2. The summed E-state index contributed by atoms with van der Waals surface area (Å²) in [6, 6.07) is 0. The first kappa shape index (κ1) is 93.7. The molecule has 0 aromatic rings. The number of nitrogens with zero attached hydrogens (tertiary/aromatic N) is 1. The molecule has 0 spiro atoms. The van der Waals surface area contributed by atoms with Crippen molar-refractivity contribution in [2.45, 2.75) is 431 Å². The number of hydrogen-bond acceptors (Lipinski definition) is 8. The largest absolute Gasteiger partial charge is 0.756 e. The molecule has 0 rings (SSSR count). The number of esters is 2. The molecule has 564 valence electrons. The third-order valence-corrected chi connectivity index (χ3v) is 20.0. The van der Waals surface area contributed by atoms with Crippen LogP contribution in [0.2, 0.25) is 0 Å². The number of hydrogen-bond donors (Lipinski definition) is 0. The van der Waals surface area contributed by atoms with E-state index < -0.39 is 26.5 Å². The molecule has 9 nitrogen and oxygen atoms in total. The van der Waals surface area contributed by atoms with Crippen molar-refractivity contribution >= 4 is 19.8 Å². The van der Waals surface area contributed by atoms with Crippen LogP contribution in [-0.4, -0.2) is 70.0 Å². The fourth-order valence-corrected chi connectivity index (χ4v) is 13.4. The number of phosphoric acid groups is 1. The van der Waals surface area contributed by atoms with Gasteiger partial charge in [-0.05, 0) is 77.0 Å². The van der Waals surface area contributed by atoms with Gasteiger partial charge in [0.2, 0.25) is 0 Å². The average molecular weight is 1370 g/mol. The molecule has 0 bridgehead atoms. The van der Waals surface area contributed by atoms with E-state index >= 15 is 0 Å². The third kappa shape index (κ3) is 80.7. The van der Waals surface area contributed by atoms with E-state index in [2.05, 4.69) is 74.6 Å². The lowest BCUT2D eigenvalue weighted by Gasteiger charge is -2.28. The van der Waals surface area contributed by atoms with Crippen LogP contribution < -0.4 is 4.89 Å². The van der Waals surface area contributed by atoms with Gasteiger partial charge in [0, 0.05) is 12.8 Å². The van der Waals surface area contributed by atoms with Crippen molar-refractivity contribution < 1.29 is 42.1 Å². The normalized spacial score (nSPS) is 13.3. The number of likely N-dealkylation sites (N-methyl/N-ethyl adjacent to an activating group) is 1. The van der Waals surface area contributed by atoms with Gasteiger partial charge < -0.3 is 27.9 Å². The molecule has 10 heteroatoms. The van der Waals surface area contributed by atoms with Gasteiger partial charge in [0.15, 0.2) is 6.10 Å². The second kappa shape index (κ2) is 76.9. The van der Waals surface area contributed by atoms with Crippen molar-refractivity contribution in [1.29, 1.82) is 0 Å². The molecular formula is C86H162NO8P. The molecule has 0 aliphatic carbocycles. The first-order valence-electron chi connectivity index (χ1n) is 42.0. The maximum absolute atomic E-state index is 12.9. The molecule has 0 radical (unpaired) electrons. The number of unbranched alkanes of at least 4 members (excludes halogenated alkanes) is 55. The highest BCUT2D eigenvalue weighted by atomic mass is 31.2. The molecule has 0 aromatic carbocycles. The zero-order valence-electron chi connectivity index (χ0n) is 64.6. The van der Waals surface area contributed by atoms with Crippen LogP contribution in [0.1, 0.15) is 425 Å². The second-order valence-corrected chi connectivity index (χ2v) is 31.2. The SMILES string of the molecule is CC/C=C\C/C=C\C/C=C\C/C=C\CCCCCCCCCCCCCCCCCCCCCCCCCCC(=O)OC(COC(=O)CCCCCCCCCCCCCCCCCCCCCCCCC/C=C\CCCCCCCCCC)COP(=O)([O-])OCC[N+](C)(C)C. The fraction of sp³-hybridized carbons (Fsp3) is 0.860. The van der Waals surface area contributed by atoms with Gasteiger partial charge in [0.05, 0.1) is 27.7 Å². The molecule has 0 aliphatic heterocycles. The zero-order chi connectivity index (χ0) is 69.7. The minimum atomic E-state index is -4.64. The van der Waals surface area contributed by atoms with Gasteiger partial charge in [0.1, 0.15) is 19.8 Å². The molecule has 96 heavy (non-hydrogen) atoms. The highest BCUT2D eigenvalue weighted by Gasteiger charge is 2.22. The van der Waals surface area contributed by atoms with E-state index in [0.717, 1.165) is 57.8 Å². The van der Waals surface area contributed by atoms with Crippen molar-refractivity contribution in [3.63, 3.8) is 0 Å². The number of carbonyl (C=O) groups is 2. The summed E-state index contributed by atoms with van der Waals surface area (Å²) in [5.74, 6) is -0.807. The summed E-state index contributed by atoms with van der Waals surface area (Å²) >= 11 is 0. The Morgan fingerprint density at radius 3 is 0.896 bits per heavy atom. The molecule has 0 aliphatic rings. The standard InChI is InChI=1S/C86H162NO8P/c1-6-8-10-12-14-16-18-20-22-24-26-28-30-32-34-36-38-40-42-43-45-47-49-51-53-55-57-59-61-63-65-67-69-71-73-75-77-79-86(89)95-84(83-94-96(90,91)93-81-80-87(3,4)5)82-92-85(88)78-76-74-72-70-68-66-64-62-60-58-56-54-52-50-48-46-44-41-39-37-35-33-31-29-27-25-23-21-19-17-15-13-11-9-7-2/h8,10,14,16,20,22,25-28,84H,6-7,9,11-13,15,17-19,21,23-24,29-83H2,1-5H3/b10-8-,16-14-,22-20-,27-25-,28-26-. The van der Waals surface area contributed by atoms with E-state index in [4.69, 9.17) is 18.5 Å². The van der Waals surface area contributed by atoms with E-state index in [-0.39, 0.29) is 32.0 Å². The van der Waals surface area contributed by atoms with Crippen LogP contribution >= 0.6 is 7.82 Å². The Bertz CT molecular complexity index is 1800. The molecule has 2 unspecified atom stereocenters. The molecule has 0 N–H and O–H groups in total. The molecule has 0 saturated carbocycles. The van der Waals surface area contributed by atoms with Crippen molar-refractivity contribution in [2.24, 2.45) is 0 Å². The molecule has 0 fully saturated rings. The van der Waals surface area contributed by atoms with E-state index in [0.29, 0.717) is 17.4 Å². The summed E-state index contributed by atoms with van der Waals surface area (Å²) in [5, 5.41) is 0. The minimum absolute atomic E-state index is 0.0279. The molecular weight excluding hydrogens is 1210 g/mol. The van der Waals surface area contributed by atoms with Gasteiger partial charge in [-0.1, -0.05) is 396 Å². The average Bonchev–Trinajstić information content (AvgIpc) is 2.72. The van der Waals surface area contributed by atoms with E-state index in [1.807, 2.05) is 21.1 Å². The Kier molecular flexibility index (Phi) is 75.0. The van der Waals surface area contributed by atoms with Crippen molar-refractivity contribution in [3.8, 4) is 0 Å². The Morgan fingerprint density at radius 2 is 0.594 bits per heavy atom. The lowest BCUT2D eigenvalue weighted by atomic mass is 10.0. The summed E-state index contributed by atoms with van der Waals surface area (Å²) in [6.07, 6.45) is 104. The third-order valence-electron chi connectivity index (χ3n) is 19.0. The zero-order valence-corrected chi connectivity index (χ0v) is 65.5. The monoisotopic (exact) mass is 1370 g/mol. The Hall–Kier alpha value is -2.29. The highest BCUT2D eigenvalue weighted by Crippen LogP contribution is 2.38. The summed E-state index contributed by atoms with van der Waals surface area (Å²) < 4.78 is 34.5. The molecule has 0 saturated heterocycles. The maximum Gasteiger partial charge on any atom is 0.306 e. The molecule has 0 amide bonds. The minimum Gasteiger partial charge on any atom is -0.756 e. The molecule has 2 atom stereocenters. The summed E-state index contributed by atoms with van der Waals surface area (Å²) in [5.41, 5.74) is 0. The van der Waals surface area contributed by atoms with E-state index in [9.17, 15) is 19.0 Å². The maximum atomic E-state index is 12.9. The lowest BCUT2D eigenvalue weighted by molar-refractivity contribution is -0.870. The van der Waals surface area contributed by atoms with E-state index in [1.54, 1.807) is 0 Å². The van der Waals surface area contributed by atoms with Gasteiger partial charge in [-0.3, -0.25) is 14.2 Å². The van der Waals surface area contributed by atoms with Crippen LogP contribution in [0.3, 0.4) is 0 Å². The Balaban J connectivity index is 3.88. The molecule has 0 aromatic heterocycles. The van der Waals surface area contributed by atoms with Crippen LogP contribution in [0.25, 0.3) is 0 Å². The first-order valence-corrected chi connectivity index (χ1v) is 43.5. The Labute approximate surface area is 597 Å². The first-order chi connectivity index (χ1) is 47.0. The van der Waals surface area contributed by atoms with Crippen LogP contribution in [0.5, 0.6) is 0 Å². The second-order valence-electron chi connectivity index (χ2n) is 29.8. The van der Waals surface area contributed by atoms with Crippen LogP contribution in [-0.2, 0) is 32.7 Å². The smallest absolute Gasteiger partial charge is 0.306 e. The number of allylic oxidation sites excluding steroid dienone is 10. The fourth-order valence-electron chi connectivity index (χ4n) is 12.7. The van der Waals surface area contributed by atoms with Gasteiger partial charge in [0.25, 0.3) is 7.82 Å². The number of quaternary nitrogens is 1. The Morgan fingerprint density at radius 1 is 0.333 bits per heavy atom. The van der Waals surface area contributed by atoms with Crippen LogP contribution in [0, 0.1) is 0 Å². The predicted molar refractivity (Wildman–Crippen MR) is 416 cm³/mol. The predicted octanol–water partition coefficient (Wildman–Crippen LogP) is 27.4. The lowest BCUT2D eigenvalue weighted by Crippen LogP contribution is -2.37. The summed E-state index contributed by atoms with van der Waals surface area (Å²) in [4.78, 5) is 38.2. The van der Waals surface area contributed by atoms with Gasteiger partial charge >= 0.3 is 11.9 Å². The summed E-state index contributed by atoms with van der Waals surface area (Å²) in [7, 11) is 1.19. The van der Waals surface area contributed by atoms with Gasteiger partial charge in [-0.2, -0.15) is 0 Å². The van der Waals surface area contributed by atoms with Crippen molar-refractivity contribution in [3.05, 3.63) is 60.8 Å². The topological polar surface area (TPSA) is 111 Å². The quantitative estimate of drug-likeness (QED) is 0.0195. The van der Waals surface area contributed by atoms with Crippen molar-refractivity contribution in [2.75, 3.05) is 47.5 Å². The number of phosphoric ester groups is 1. The van der Waals surface area contributed by atoms with E-state index in [1.165, 1.54) is 334 Å². The van der Waals surface area contributed by atoms with Gasteiger partial charge in [-0.15, -0.1) is 0 Å².